The van der Waals surface area contributed by atoms with Crippen molar-refractivity contribution in [3.63, 3.8) is 0 Å². The van der Waals surface area contributed by atoms with E-state index in [1.165, 1.54) is 13.2 Å². The number of halogens is 3. The molecule has 1 unspecified atom stereocenters. The second-order valence-corrected chi connectivity index (χ2v) is 5.13. The highest BCUT2D eigenvalue weighted by atomic mass is 79.9. The maximum atomic E-state index is 11.9. The first kappa shape index (κ1) is 13.8. The second-order valence-electron chi connectivity index (χ2n) is 3.21. The number of hydrogen-bond acceptors (Lipinski definition) is 2. The zero-order valence-corrected chi connectivity index (χ0v) is 12.0. The van der Waals surface area contributed by atoms with Crippen LogP contribution in [0.5, 0.6) is 5.75 Å². The number of benzene rings is 1. The van der Waals surface area contributed by atoms with Crippen molar-refractivity contribution in [3.05, 3.63) is 27.7 Å². The van der Waals surface area contributed by atoms with Gasteiger partial charge in [0.25, 0.3) is 0 Å². The largest absolute Gasteiger partial charge is 0.495 e. The quantitative estimate of drug-likeness (QED) is 0.607. The second kappa shape index (κ2) is 5.89. The van der Waals surface area contributed by atoms with Gasteiger partial charge in [0.2, 0.25) is 0 Å². The van der Waals surface area contributed by atoms with Crippen LogP contribution in [-0.2, 0) is 0 Å². The molecule has 5 heteroatoms. The van der Waals surface area contributed by atoms with E-state index in [4.69, 9.17) is 27.9 Å². The number of hydrogen-bond donors (Lipinski definition) is 0. The van der Waals surface area contributed by atoms with E-state index in [2.05, 4.69) is 15.9 Å². The average Bonchev–Trinajstić information content (AvgIpc) is 2.29. The fourth-order valence-corrected chi connectivity index (χ4v) is 1.96. The summed E-state index contributed by atoms with van der Waals surface area (Å²) in [5.41, 5.74) is 0.413. The van der Waals surface area contributed by atoms with E-state index in [1.807, 2.05) is 6.92 Å². The SMILES string of the molecule is CCC(Br)C(=O)c1cc(Cl)c(OC)cc1Cl. The van der Waals surface area contributed by atoms with Crippen LogP contribution in [0.3, 0.4) is 0 Å². The Balaban J connectivity index is 3.16. The van der Waals surface area contributed by atoms with Crippen LogP contribution in [0.15, 0.2) is 12.1 Å². The van der Waals surface area contributed by atoms with Crippen LogP contribution < -0.4 is 4.74 Å². The van der Waals surface area contributed by atoms with Crippen LogP contribution in [-0.4, -0.2) is 17.7 Å². The average molecular weight is 326 g/mol. The molecular weight excluding hydrogens is 315 g/mol. The van der Waals surface area contributed by atoms with Gasteiger partial charge in [-0.05, 0) is 12.5 Å². The highest BCUT2D eigenvalue weighted by Gasteiger charge is 2.19. The van der Waals surface area contributed by atoms with Gasteiger partial charge in [-0.3, -0.25) is 4.79 Å². The molecule has 0 amide bonds. The molecule has 0 heterocycles. The maximum Gasteiger partial charge on any atom is 0.177 e. The van der Waals surface area contributed by atoms with Gasteiger partial charge in [-0.15, -0.1) is 0 Å². The van der Waals surface area contributed by atoms with Crippen molar-refractivity contribution in [2.24, 2.45) is 0 Å². The first-order valence-electron chi connectivity index (χ1n) is 4.72. The maximum absolute atomic E-state index is 11.9. The van der Waals surface area contributed by atoms with Gasteiger partial charge in [0.05, 0.1) is 22.0 Å². The normalized spacial score (nSPS) is 12.3. The van der Waals surface area contributed by atoms with Crippen LogP contribution in [0.1, 0.15) is 23.7 Å². The molecule has 16 heavy (non-hydrogen) atoms. The predicted octanol–water partition coefficient (Wildman–Crippen LogP) is 4.36. The van der Waals surface area contributed by atoms with E-state index < -0.39 is 0 Å². The number of methoxy groups -OCH3 is 1. The van der Waals surface area contributed by atoms with E-state index >= 15 is 0 Å². The van der Waals surface area contributed by atoms with Crippen molar-refractivity contribution in [1.82, 2.24) is 0 Å². The molecule has 0 aromatic heterocycles. The van der Waals surface area contributed by atoms with Crippen molar-refractivity contribution in [2.45, 2.75) is 18.2 Å². The Morgan fingerprint density at radius 3 is 2.56 bits per heavy atom. The monoisotopic (exact) mass is 324 g/mol. The number of ether oxygens (including phenoxy) is 1. The van der Waals surface area contributed by atoms with E-state index in [9.17, 15) is 4.79 Å². The molecule has 0 aliphatic heterocycles. The van der Waals surface area contributed by atoms with E-state index in [1.54, 1.807) is 6.07 Å². The molecule has 2 nitrogen and oxygen atoms in total. The molecule has 1 atom stereocenters. The Kier molecular flexibility index (Phi) is 5.09. The predicted molar refractivity (Wildman–Crippen MR) is 70.4 cm³/mol. The van der Waals surface area contributed by atoms with Gasteiger partial charge in [0.15, 0.2) is 5.78 Å². The Hall–Kier alpha value is -0.250. The molecule has 0 radical (unpaired) electrons. The first-order chi connectivity index (χ1) is 7.51. The Morgan fingerprint density at radius 1 is 1.44 bits per heavy atom. The van der Waals surface area contributed by atoms with Crippen LogP contribution in [0.25, 0.3) is 0 Å². The Labute approximate surface area is 113 Å². The Morgan fingerprint density at radius 2 is 2.06 bits per heavy atom. The number of ketones is 1. The molecule has 0 saturated carbocycles. The summed E-state index contributed by atoms with van der Waals surface area (Å²) in [6.07, 6.45) is 0.693. The minimum atomic E-state index is -0.241. The molecular formula is C11H11BrCl2O2. The zero-order valence-electron chi connectivity index (χ0n) is 8.89. The van der Waals surface area contributed by atoms with Crippen LogP contribution in [0.2, 0.25) is 10.0 Å². The molecule has 0 spiro atoms. The fraction of sp³-hybridized carbons (Fsp3) is 0.364. The highest BCUT2D eigenvalue weighted by Crippen LogP contribution is 2.32. The van der Waals surface area contributed by atoms with Crippen LogP contribution >= 0.6 is 39.1 Å². The van der Waals surface area contributed by atoms with Crippen molar-refractivity contribution in [3.8, 4) is 5.75 Å². The number of rotatable bonds is 4. The molecule has 1 aromatic rings. The summed E-state index contributed by atoms with van der Waals surface area (Å²) < 4.78 is 5.01. The van der Waals surface area contributed by atoms with E-state index in [0.29, 0.717) is 27.8 Å². The summed E-state index contributed by atoms with van der Waals surface area (Å²) in [5.74, 6) is 0.392. The van der Waals surface area contributed by atoms with Crippen molar-refractivity contribution in [1.29, 1.82) is 0 Å². The Bertz CT molecular complexity index is 407. The zero-order chi connectivity index (χ0) is 12.3. The molecule has 0 saturated heterocycles. The van der Waals surface area contributed by atoms with E-state index in [0.717, 1.165) is 0 Å². The van der Waals surface area contributed by atoms with E-state index in [-0.39, 0.29) is 10.6 Å². The molecule has 1 rings (SSSR count). The summed E-state index contributed by atoms with van der Waals surface area (Å²) in [4.78, 5) is 11.7. The van der Waals surface area contributed by atoms with Gasteiger partial charge in [-0.2, -0.15) is 0 Å². The molecule has 1 aromatic carbocycles. The summed E-state index contributed by atoms with van der Waals surface area (Å²) in [5, 5.41) is 0.732. The fourth-order valence-electron chi connectivity index (χ4n) is 1.23. The molecule has 88 valence electrons. The standard InChI is InChI=1S/C11H11BrCl2O2/c1-3-7(12)11(15)6-4-9(14)10(16-2)5-8(6)13/h4-5,7H,3H2,1-2H3. The molecule has 0 bridgehead atoms. The third-order valence-electron chi connectivity index (χ3n) is 2.15. The van der Waals surface area contributed by atoms with Crippen LogP contribution in [0, 0.1) is 0 Å². The van der Waals surface area contributed by atoms with Crippen molar-refractivity contribution in [2.75, 3.05) is 7.11 Å². The molecule has 0 fully saturated rings. The summed E-state index contributed by atoms with van der Waals surface area (Å²) in [7, 11) is 1.50. The summed E-state index contributed by atoms with van der Waals surface area (Å²) in [6, 6.07) is 3.08. The third-order valence-corrected chi connectivity index (χ3v) is 3.82. The van der Waals surface area contributed by atoms with Gasteiger partial charge in [0.1, 0.15) is 5.75 Å². The van der Waals surface area contributed by atoms with Gasteiger partial charge in [-0.1, -0.05) is 46.1 Å². The number of alkyl halides is 1. The van der Waals surface area contributed by atoms with Gasteiger partial charge in [-0.25, -0.2) is 0 Å². The number of carbonyl (C=O) groups is 1. The van der Waals surface area contributed by atoms with Crippen LogP contribution in [0.4, 0.5) is 0 Å². The molecule has 0 aliphatic carbocycles. The third kappa shape index (κ3) is 2.90. The number of carbonyl (C=O) groups excluding carboxylic acids is 1. The van der Waals surface area contributed by atoms with Gasteiger partial charge < -0.3 is 4.74 Å². The first-order valence-corrected chi connectivity index (χ1v) is 6.39. The smallest absolute Gasteiger partial charge is 0.177 e. The van der Waals surface area contributed by atoms with Gasteiger partial charge in [0, 0.05) is 11.6 Å². The lowest BCUT2D eigenvalue weighted by Gasteiger charge is -2.10. The highest BCUT2D eigenvalue weighted by molar-refractivity contribution is 9.10. The minimum absolute atomic E-state index is 0.0722. The lowest BCUT2D eigenvalue weighted by atomic mass is 10.1. The van der Waals surface area contributed by atoms with Crippen molar-refractivity contribution < 1.29 is 9.53 Å². The molecule has 0 N–H and O–H groups in total. The molecule has 0 aliphatic rings. The summed E-state index contributed by atoms with van der Waals surface area (Å²) in [6.45, 7) is 1.91. The number of Topliss-reactive ketones (excluding diaryl/α,β-unsaturated/α-hetero) is 1. The minimum Gasteiger partial charge on any atom is -0.495 e. The lowest BCUT2D eigenvalue weighted by Crippen LogP contribution is -2.13. The summed E-state index contributed by atoms with van der Waals surface area (Å²) >= 11 is 15.2. The van der Waals surface area contributed by atoms with Gasteiger partial charge >= 0.3 is 0 Å². The van der Waals surface area contributed by atoms with Crippen molar-refractivity contribution >= 4 is 44.9 Å². The lowest BCUT2D eigenvalue weighted by molar-refractivity contribution is 0.0990. The topological polar surface area (TPSA) is 26.3 Å².